The Kier molecular flexibility index (Phi) is 11.0. The minimum absolute atomic E-state index is 0.0123. The van der Waals surface area contributed by atoms with E-state index in [0.29, 0.717) is 46.9 Å². The molecule has 0 unspecified atom stereocenters. The van der Waals surface area contributed by atoms with Gasteiger partial charge in [0.25, 0.3) is 0 Å². The van der Waals surface area contributed by atoms with Gasteiger partial charge in [-0.05, 0) is 106 Å². The lowest BCUT2D eigenvalue weighted by Gasteiger charge is -2.37. The van der Waals surface area contributed by atoms with Gasteiger partial charge in [0, 0.05) is 54.1 Å². The van der Waals surface area contributed by atoms with E-state index in [-0.39, 0.29) is 22.9 Å². The van der Waals surface area contributed by atoms with Gasteiger partial charge in [0.2, 0.25) is 5.91 Å². The summed E-state index contributed by atoms with van der Waals surface area (Å²) in [4.78, 5) is 38.4. The van der Waals surface area contributed by atoms with Crippen molar-refractivity contribution >= 4 is 28.4 Å². The highest BCUT2D eigenvalue weighted by Crippen LogP contribution is 2.46. The summed E-state index contributed by atoms with van der Waals surface area (Å²) in [5, 5.41) is 11.0. The number of rotatable bonds is 10. The van der Waals surface area contributed by atoms with Crippen LogP contribution in [0, 0.1) is 0 Å². The molecule has 3 N–H and O–H groups in total. The van der Waals surface area contributed by atoms with Crippen LogP contribution in [0.25, 0.3) is 10.9 Å². The first kappa shape index (κ1) is 36.7. The Labute approximate surface area is 305 Å². The van der Waals surface area contributed by atoms with Gasteiger partial charge in [-0.15, -0.1) is 6.58 Å². The molecular weight excluding hydrogens is 658 g/mol. The molecular formula is C42H49N3O7. The van der Waals surface area contributed by atoms with Crippen LogP contribution in [0.5, 0.6) is 23.0 Å². The number of aromatic hydroxyl groups is 1. The minimum Gasteiger partial charge on any atom is -0.507 e. The van der Waals surface area contributed by atoms with Crippen LogP contribution in [-0.4, -0.2) is 71.5 Å². The number of ether oxygens (including phenoxy) is 3. The fraction of sp³-hybridized carbons (Fsp3) is 0.405. The second-order valence-corrected chi connectivity index (χ2v) is 14.1. The van der Waals surface area contributed by atoms with Crippen molar-refractivity contribution in [2.75, 3.05) is 33.9 Å². The van der Waals surface area contributed by atoms with E-state index >= 15 is 0 Å². The van der Waals surface area contributed by atoms with Crippen molar-refractivity contribution in [2.24, 2.45) is 5.73 Å². The molecule has 10 heteroatoms. The summed E-state index contributed by atoms with van der Waals surface area (Å²) in [6, 6.07) is 15.2. The van der Waals surface area contributed by atoms with Gasteiger partial charge < -0.3 is 34.5 Å². The molecule has 1 amide bonds. The first-order valence-corrected chi connectivity index (χ1v) is 18.1. The van der Waals surface area contributed by atoms with E-state index in [0.717, 1.165) is 92.5 Å². The lowest BCUT2D eigenvalue weighted by atomic mass is 9.87. The van der Waals surface area contributed by atoms with Crippen molar-refractivity contribution in [1.29, 1.82) is 0 Å². The number of methoxy groups -OCH3 is 2. The third-order valence-electron chi connectivity index (χ3n) is 10.9. The van der Waals surface area contributed by atoms with Crippen LogP contribution in [0.15, 0.2) is 67.4 Å². The van der Waals surface area contributed by atoms with Crippen LogP contribution in [-0.2, 0) is 12.8 Å². The molecule has 1 saturated carbocycles. The Bertz CT molecular complexity index is 1980. The quantitative estimate of drug-likeness (QED) is 0.130. The molecule has 274 valence electrons. The van der Waals surface area contributed by atoms with Crippen molar-refractivity contribution < 1.29 is 33.7 Å². The molecule has 3 aliphatic rings. The van der Waals surface area contributed by atoms with Gasteiger partial charge in [-0.3, -0.25) is 14.4 Å². The topological polar surface area (TPSA) is 133 Å². The maximum atomic E-state index is 13.0. The average Bonchev–Trinajstić information content (AvgIpc) is 3.78. The van der Waals surface area contributed by atoms with Crippen LogP contribution >= 0.6 is 0 Å². The highest BCUT2D eigenvalue weighted by atomic mass is 16.5. The Morgan fingerprint density at radius 1 is 1.02 bits per heavy atom. The number of nitrogens with two attached hydrogens (primary N) is 1. The molecule has 2 fully saturated rings. The zero-order valence-corrected chi connectivity index (χ0v) is 30.4. The van der Waals surface area contributed by atoms with E-state index in [9.17, 15) is 19.5 Å². The smallest absolute Gasteiger partial charge is 0.248 e. The first-order valence-electron chi connectivity index (χ1n) is 18.1. The van der Waals surface area contributed by atoms with E-state index in [1.165, 1.54) is 14.0 Å². The van der Waals surface area contributed by atoms with E-state index in [2.05, 4.69) is 28.3 Å². The summed E-state index contributed by atoms with van der Waals surface area (Å²) < 4.78 is 19.8. The minimum atomic E-state index is -0.396. The number of phenols is 1. The SMILES string of the molecule is C=CCc1c(OC)ccc(C(C)=O)c1O.COc1ccc2c(c1CCN1CCC(n3ccc4ccc(C(N)=O)cc43)CC1)OC1(CCCC1)CC2=O. The lowest BCUT2D eigenvalue weighted by Crippen LogP contribution is -2.40. The number of fused-ring (bicyclic) bond motifs is 2. The van der Waals surface area contributed by atoms with E-state index < -0.39 is 5.91 Å². The number of likely N-dealkylation sites (tertiary alicyclic amines) is 1. The van der Waals surface area contributed by atoms with Crippen LogP contribution in [0.2, 0.25) is 0 Å². The summed E-state index contributed by atoms with van der Waals surface area (Å²) in [6.07, 6.45) is 11.8. The molecule has 0 atom stereocenters. The molecule has 1 aliphatic carbocycles. The third-order valence-corrected chi connectivity index (χ3v) is 10.9. The fourth-order valence-electron chi connectivity index (χ4n) is 8.06. The predicted molar refractivity (Wildman–Crippen MR) is 201 cm³/mol. The molecule has 1 spiro atoms. The fourth-order valence-corrected chi connectivity index (χ4v) is 8.06. The molecule has 0 radical (unpaired) electrons. The van der Waals surface area contributed by atoms with Crippen LogP contribution < -0.4 is 19.9 Å². The third kappa shape index (κ3) is 7.44. The summed E-state index contributed by atoms with van der Waals surface area (Å²) in [5.74, 6) is 1.76. The number of benzene rings is 3. The standard InChI is InChI=1S/C30H35N3O4.C12H14O3/c1-36-27-7-6-23-26(34)19-30(12-2-3-13-30)37-28(23)24(27)11-16-32-14-9-22(10-15-32)33-17-8-20-4-5-21(29(31)35)18-25(20)33;1-4-5-10-11(15-3)7-6-9(8(2)13)12(10)14/h4-8,17-18,22H,2-3,9-16,19H2,1H3,(H2,31,35);4,6-7,14H,1,5H2,2-3H3. The number of aromatic nitrogens is 1. The van der Waals surface area contributed by atoms with E-state index in [1.54, 1.807) is 31.4 Å². The second kappa shape index (κ2) is 15.7. The van der Waals surface area contributed by atoms with Gasteiger partial charge in [-0.25, -0.2) is 0 Å². The van der Waals surface area contributed by atoms with Crippen LogP contribution in [0.4, 0.5) is 0 Å². The predicted octanol–water partition coefficient (Wildman–Crippen LogP) is 7.24. The molecule has 0 bridgehead atoms. The van der Waals surface area contributed by atoms with E-state index in [1.807, 2.05) is 24.3 Å². The molecule has 4 aromatic rings. The molecule has 52 heavy (non-hydrogen) atoms. The summed E-state index contributed by atoms with van der Waals surface area (Å²) in [7, 11) is 3.21. The van der Waals surface area contributed by atoms with Gasteiger partial charge in [-0.1, -0.05) is 12.1 Å². The lowest BCUT2D eigenvalue weighted by molar-refractivity contribution is 0.0439. The number of allylic oxidation sites excluding steroid dienone is 1. The number of amides is 1. The number of carbonyl (C=O) groups is 3. The number of nitrogens with zero attached hydrogens (tertiary/aromatic N) is 2. The normalized spacial score (nSPS) is 16.9. The van der Waals surface area contributed by atoms with Crippen molar-refractivity contribution in [3.63, 3.8) is 0 Å². The number of hydrogen-bond acceptors (Lipinski definition) is 8. The van der Waals surface area contributed by atoms with Crippen molar-refractivity contribution in [3.05, 3.63) is 95.2 Å². The molecule has 3 heterocycles. The van der Waals surface area contributed by atoms with Crippen molar-refractivity contribution in [3.8, 4) is 23.0 Å². The highest BCUT2D eigenvalue weighted by Gasteiger charge is 2.44. The van der Waals surface area contributed by atoms with Crippen molar-refractivity contribution in [2.45, 2.75) is 76.4 Å². The first-order chi connectivity index (χ1) is 25.1. The summed E-state index contributed by atoms with van der Waals surface area (Å²) >= 11 is 0. The van der Waals surface area contributed by atoms with Gasteiger partial charge >= 0.3 is 0 Å². The number of Topliss-reactive ketones (excluding diaryl/α,β-unsaturated/α-hetero) is 2. The van der Waals surface area contributed by atoms with Gasteiger partial charge in [0.05, 0.1) is 31.8 Å². The Balaban J connectivity index is 0.000000261. The number of primary amides is 1. The Hall–Kier alpha value is -5.09. The Morgan fingerprint density at radius 3 is 2.37 bits per heavy atom. The Morgan fingerprint density at radius 2 is 1.71 bits per heavy atom. The molecule has 1 saturated heterocycles. The summed E-state index contributed by atoms with van der Waals surface area (Å²) in [6.45, 7) is 7.88. The molecule has 2 aliphatic heterocycles. The second-order valence-electron chi connectivity index (χ2n) is 14.1. The molecule has 10 nitrogen and oxygen atoms in total. The maximum Gasteiger partial charge on any atom is 0.248 e. The largest absolute Gasteiger partial charge is 0.507 e. The average molecular weight is 708 g/mol. The monoisotopic (exact) mass is 707 g/mol. The summed E-state index contributed by atoms with van der Waals surface area (Å²) in [5.41, 5.74) is 9.45. The van der Waals surface area contributed by atoms with E-state index in [4.69, 9.17) is 19.9 Å². The number of ketones is 2. The molecule has 1 aromatic heterocycles. The molecule has 3 aromatic carbocycles. The van der Waals surface area contributed by atoms with Gasteiger partial charge in [0.15, 0.2) is 11.6 Å². The highest BCUT2D eigenvalue weighted by molar-refractivity contribution is 6.01. The zero-order valence-electron chi connectivity index (χ0n) is 30.4. The van der Waals surface area contributed by atoms with Crippen molar-refractivity contribution in [1.82, 2.24) is 9.47 Å². The maximum absolute atomic E-state index is 13.0. The molecule has 7 rings (SSSR count). The van der Waals surface area contributed by atoms with Crippen LogP contribution in [0.3, 0.4) is 0 Å². The zero-order chi connectivity index (χ0) is 37.0. The van der Waals surface area contributed by atoms with Gasteiger partial charge in [-0.2, -0.15) is 0 Å². The number of piperidine rings is 1. The number of carbonyl (C=O) groups excluding carboxylic acids is 3. The number of phenolic OH excluding ortho intramolecular Hbond substituents is 1. The number of hydrogen-bond donors (Lipinski definition) is 2. The van der Waals surface area contributed by atoms with Crippen LogP contribution in [0.1, 0.15) is 100 Å². The van der Waals surface area contributed by atoms with Gasteiger partial charge in [0.1, 0.15) is 28.6 Å².